The van der Waals surface area contributed by atoms with Crippen molar-refractivity contribution >= 4 is 23.4 Å². The SMILES string of the molecule is CCc1ccccc1NC(=O)/C(C#N)=C/c1ccc2c(c1)C(C)CC(C)(C)N2C. The lowest BCUT2D eigenvalue weighted by atomic mass is 9.80. The highest BCUT2D eigenvalue weighted by atomic mass is 16.1. The first-order valence-corrected chi connectivity index (χ1v) is 10.2. The lowest BCUT2D eigenvalue weighted by Crippen LogP contribution is -2.45. The number of carbonyl (C=O) groups is 1. The number of para-hydroxylation sites is 1. The lowest BCUT2D eigenvalue weighted by Gasteiger charge is -2.45. The van der Waals surface area contributed by atoms with Gasteiger partial charge in [-0.2, -0.15) is 5.26 Å². The van der Waals surface area contributed by atoms with Crippen LogP contribution in [0.4, 0.5) is 11.4 Å². The van der Waals surface area contributed by atoms with E-state index in [1.165, 1.54) is 11.3 Å². The smallest absolute Gasteiger partial charge is 0.266 e. The second kappa shape index (κ2) is 8.13. The number of nitriles is 1. The average molecular weight is 388 g/mol. The van der Waals surface area contributed by atoms with Crippen molar-refractivity contribution < 1.29 is 4.79 Å². The van der Waals surface area contributed by atoms with E-state index in [1.807, 2.05) is 37.3 Å². The molecule has 0 aromatic heterocycles. The van der Waals surface area contributed by atoms with Crippen LogP contribution in [0.3, 0.4) is 0 Å². The number of fused-ring (bicyclic) bond motifs is 1. The molecule has 0 radical (unpaired) electrons. The molecule has 1 N–H and O–H groups in total. The zero-order valence-corrected chi connectivity index (χ0v) is 17.9. The summed E-state index contributed by atoms with van der Waals surface area (Å²) < 4.78 is 0. The summed E-state index contributed by atoms with van der Waals surface area (Å²) in [5, 5.41) is 12.5. The van der Waals surface area contributed by atoms with Gasteiger partial charge in [0, 0.05) is 24.0 Å². The Bertz CT molecular complexity index is 997. The van der Waals surface area contributed by atoms with Gasteiger partial charge in [0.05, 0.1) is 0 Å². The van der Waals surface area contributed by atoms with Crippen LogP contribution in [0.25, 0.3) is 6.08 Å². The van der Waals surface area contributed by atoms with Crippen LogP contribution in [0.1, 0.15) is 56.7 Å². The van der Waals surface area contributed by atoms with Gasteiger partial charge >= 0.3 is 0 Å². The maximum atomic E-state index is 12.7. The van der Waals surface area contributed by atoms with E-state index in [1.54, 1.807) is 6.08 Å². The standard InChI is InChI=1S/C25H29N3O/c1-6-19-9-7-8-10-22(19)27-24(29)20(16-26)13-18-11-12-23-21(14-18)17(2)15-25(3,4)28(23)5/h7-14,17H,6,15H2,1-5H3,(H,27,29)/b20-13+. The van der Waals surface area contributed by atoms with Crippen molar-refractivity contribution in [1.29, 1.82) is 5.26 Å². The topological polar surface area (TPSA) is 56.1 Å². The van der Waals surface area contributed by atoms with E-state index in [9.17, 15) is 10.1 Å². The molecule has 1 atom stereocenters. The van der Waals surface area contributed by atoms with Crippen molar-refractivity contribution in [2.75, 3.05) is 17.3 Å². The van der Waals surface area contributed by atoms with Crippen molar-refractivity contribution in [3.8, 4) is 6.07 Å². The van der Waals surface area contributed by atoms with Crippen molar-refractivity contribution in [2.45, 2.75) is 52.0 Å². The van der Waals surface area contributed by atoms with E-state index in [0.717, 1.165) is 29.7 Å². The summed E-state index contributed by atoms with van der Waals surface area (Å²) in [6.07, 6.45) is 3.55. The fraction of sp³-hybridized carbons (Fsp3) is 0.360. The van der Waals surface area contributed by atoms with Crippen LogP contribution in [0, 0.1) is 11.3 Å². The first-order valence-electron chi connectivity index (χ1n) is 10.2. The van der Waals surface area contributed by atoms with Crippen LogP contribution in [0.2, 0.25) is 0 Å². The summed E-state index contributed by atoms with van der Waals surface area (Å²) in [6, 6.07) is 15.9. The van der Waals surface area contributed by atoms with Crippen molar-refractivity contribution in [1.82, 2.24) is 0 Å². The predicted octanol–water partition coefficient (Wildman–Crippen LogP) is 5.52. The maximum absolute atomic E-state index is 12.7. The normalized spacial score (nSPS) is 18.0. The first-order chi connectivity index (χ1) is 13.8. The van der Waals surface area contributed by atoms with E-state index in [0.29, 0.717) is 5.92 Å². The van der Waals surface area contributed by atoms with Crippen LogP contribution in [-0.4, -0.2) is 18.5 Å². The highest BCUT2D eigenvalue weighted by Gasteiger charge is 2.33. The summed E-state index contributed by atoms with van der Waals surface area (Å²) in [6.45, 7) is 8.79. The molecule has 1 unspecified atom stereocenters. The maximum Gasteiger partial charge on any atom is 0.266 e. The number of anilines is 2. The van der Waals surface area contributed by atoms with E-state index in [4.69, 9.17) is 0 Å². The monoisotopic (exact) mass is 387 g/mol. The molecule has 0 aliphatic carbocycles. The van der Waals surface area contributed by atoms with Gasteiger partial charge < -0.3 is 10.2 Å². The molecule has 0 bridgehead atoms. The fourth-order valence-corrected chi connectivity index (χ4v) is 4.14. The molecule has 150 valence electrons. The highest BCUT2D eigenvalue weighted by molar-refractivity contribution is 6.10. The van der Waals surface area contributed by atoms with Crippen molar-refractivity contribution in [2.24, 2.45) is 0 Å². The Morgan fingerprint density at radius 1 is 1.31 bits per heavy atom. The zero-order chi connectivity index (χ0) is 21.2. The van der Waals surface area contributed by atoms with Gasteiger partial charge in [-0.1, -0.05) is 38.1 Å². The van der Waals surface area contributed by atoms with Gasteiger partial charge in [-0.3, -0.25) is 4.79 Å². The average Bonchev–Trinajstić information content (AvgIpc) is 2.70. The summed E-state index contributed by atoms with van der Waals surface area (Å²) in [7, 11) is 2.12. The van der Waals surface area contributed by atoms with Crippen LogP contribution in [0.15, 0.2) is 48.0 Å². The lowest BCUT2D eigenvalue weighted by molar-refractivity contribution is -0.112. The molecular formula is C25H29N3O. The van der Waals surface area contributed by atoms with Crippen molar-refractivity contribution in [3.63, 3.8) is 0 Å². The molecule has 0 saturated carbocycles. The molecule has 1 aliphatic rings. The van der Waals surface area contributed by atoms with Gasteiger partial charge in [-0.25, -0.2) is 0 Å². The molecule has 2 aromatic rings. The number of amides is 1. The number of nitrogens with zero attached hydrogens (tertiary/aromatic N) is 2. The number of hydrogen-bond acceptors (Lipinski definition) is 3. The number of nitrogens with one attached hydrogen (secondary N) is 1. The number of rotatable bonds is 4. The van der Waals surface area contributed by atoms with E-state index >= 15 is 0 Å². The van der Waals surface area contributed by atoms with Crippen LogP contribution in [-0.2, 0) is 11.2 Å². The van der Waals surface area contributed by atoms with E-state index in [2.05, 4.69) is 56.2 Å². The Morgan fingerprint density at radius 2 is 2.03 bits per heavy atom. The third-order valence-electron chi connectivity index (χ3n) is 5.98. The Balaban J connectivity index is 1.89. The molecule has 0 spiro atoms. The fourth-order valence-electron chi connectivity index (χ4n) is 4.14. The second-order valence-corrected chi connectivity index (χ2v) is 8.43. The zero-order valence-electron chi connectivity index (χ0n) is 17.9. The molecule has 2 aromatic carbocycles. The summed E-state index contributed by atoms with van der Waals surface area (Å²) in [5.41, 5.74) is 5.36. The molecule has 4 nitrogen and oxygen atoms in total. The number of hydrogen-bond donors (Lipinski definition) is 1. The summed E-state index contributed by atoms with van der Waals surface area (Å²) in [4.78, 5) is 15.0. The summed E-state index contributed by atoms with van der Waals surface area (Å²) >= 11 is 0. The second-order valence-electron chi connectivity index (χ2n) is 8.43. The van der Waals surface area contributed by atoms with Gasteiger partial charge in [0.25, 0.3) is 5.91 Å². The van der Waals surface area contributed by atoms with E-state index < -0.39 is 0 Å². The van der Waals surface area contributed by atoms with Gasteiger partial charge in [0.1, 0.15) is 11.6 Å². The van der Waals surface area contributed by atoms with Gasteiger partial charge in [0.15, 0.2) is 0 Å². The van der Waals surface area contributed by atoms with Crippen molar-refractivity contribution in [3.05, 3.63) is 64.7 Å². The molecular weight excluding hydrogens is 358 g/mol. The Labute approximate surface area is 173 Å². The number of carbonyl (C=O) groups excluding carboxylic acids is 1. The Hall–Kier alpha value is -3.06. The Kier molecular flexibility index (Phi) is 5.79. The minimum absolute atomic E-state index is 0.105. The third kappa shape index (κ3) is 4.19. The molecule has 1 amide bonds. The van der Waals surface area contributed by atoms with Gasteiger partial charge in [-0.15, -0.1) is 0 Å². The van der Waals surface area contributed by atoms with Gasteiger partial charge in [-0.05, 0) is 73.6 Å². The molecule has 0 fully saturated rings. The summed E-state index contributed by atoms with van der Waals surface area (Å²) in [5.74, 6) is 0.0396. The Morgan fingerprint density at radius 3 is 2.72 bits per heavy atom. The van der Waals surface area contributed by atoms with Gasteiger partial charge in [0.2, 0.25) is 0 Å². The minimum Gasteiger partial charge on any atom is -0.369 e. The molecule has 1 aliphatic heterocycles. The van der Waals surface area contributed by atoms with E-state index in [-0.39, 0.29) is 17.0 Å². The van der Waals surface area contributed by atoms with Crippen LogP contribution < -0.4 is 10.2 Å². The third-order valence-corrected chi connectivity index (χ3v) is 5.98. The molecule has 3 rings (SSSR count). The first kappa shape index (κ1) is 20.7. The van der Waals surface area contributed by atoms with Crippen LogP contribution >= 0.6 is 0 Å². The quantitative estimate of drug-likeness (QED) is 0.555. The molecule has 4 heteroatoms. The largest absolute Gasteiger partial charge is 0.369 e. The number of benzene rings is 2. The molecule has 29 heavy (non-hydrogen) atoms. The molecule has 0 saturated heterocycles. The minimum atomic E-state index is -0.377. The predicted molar refractivity (Wildman–Crippen MR) is 120 cm³/mol. The highest BCUT2D eigenvalue weighted by Crippen LogP contribution is 2.42. The molecule has 1 heterocycles. The van der Waals surface area contributed by atoms with Crippen LogP contribution in [0.5, 0.6) is 0 Å². The number of aryl methyl sites for hydroxylation is 1.